The Morgan fingerprint density at radius 2 is 2.00 bits per heavy atom. The maximum absolute atomic E-state index is 12.6. The Morgan fingerprint density at radius 1 is 1.43 bits per heavy atom. The van der Waals surface area contributed by atoms with Crippen LogP contribution in [0.2, 0.25) is 5.15 Å². The summed E-state index contributed by atoms with van der Waals surface area (Å²) in [6, 6.07) is 0.251. The van der Waals surface area contributed by atoms with Crippen LogP contribution in [-0.2, 0) is 17.1 Å². The lowest BCUT2D eigenvalue weighted by Crippen LogP contribution is -2.65. The fourth-order valence-electron chi connectivity index (χ4n) is 3.14. The average molecular weight is 335 g/mol. The van der Waals surface area contributed by atoms with E-state index in [4.69, 9.17) is 11.6 Å². The summed E-state index contributed by atoms with van der Waals surface area (Å²) in [4.78, 5) is 2.21. The molecule has 21 heavy (non-hydrogen) atoms. The van der Waals surface area contributed by atoms with E-state index in [1.165, 1.54) is 4.68 Å². The number of sulfonamides is 1. The van der Waals surface area contributed by atoms with Gasteiger partial charge in [0.25, 0.3) is 0 Å². The lowest BCUT2D eigenvalue weighted by Gasteiger charge is -2.54. The Labute approximate surface area is 131 Å². The van der Waals surface area contributed by atoms with Crippen LogP contribution in [0.3, 0.4) is 0 Å². The molecule has 2 unspecified atom stereocenters. The van der Waals surface area contributed by atoms with Crippen molar-refractivity contribution in [2.24, 2.45) is 12.5 Å². The van der Waals surface area contributed by atoms with Gasteiger partial charge in [0.15, 0.2) is 0 Å². The largest absolute Gasteiger partial charge is 0.306 e. The van der Waals surface area contributed by atoms with Gasteiger partial charge in [0.1, 0.15) is 10.0 Å². The molecule has 1 heterocycles. The molecule has 8 heteroatoms. The molecule has 0 aromatic carbocycles. The number of hydrogen-bond donors (Lipinski definition) is 1. The smallest absolute Gasteiger partial charge is 0.245 e. The van der Waals surface area contributed by atoms with Crippen molar-refractivity contribution >= 4 is 21.6 Å². The number of halogens is 1. The molecule has 0 radical (unpaired) electrons. The molecule has 2 atom stereocenters. The number of aryl methyl sites for hydroxylation is 2. The van der Waals surface area contributed by atoms with E-state index in [1.54, 1.807) is 14.0 Å². The average Bonchev–Trinajstić information content (AvgIpc) is 2.58. The molecule has 0 saturated heterocycles. The van der Waals surface area contributed by atoms with Crippen molar-refractivity contribution in [2.75, 3.05) is 14.1 Å². The second-order valence-electron chi connectivity index (χ2n) is 6.54. The summed E-state index contributed by atoms with van der Waals surface area (Å²) in [6.45, 7) is 5.80. The zero-order chi connectivity index (χ0) is 16.2. The van der Waals surface area contributed by atoms with E-state index < -0.39 is 10.0 Å². The summed E-state index contributed by atoms with van der Waals surface area (Å²) in [5.74, 6) is 0. The number of nitrogens with zero attached hydrogens (tertiary/aromatic N) is 3. The fourth-order valence-corrected chi connectivity index (χ4v) is 5.30. The van der Waals surface area contributed by atoms with Gasteiger partial charge in [0.05, 0.1) is 5.69 Å². The summed E-state index contributed by atoms with van der Waals surface area (Å²) in [5, 5.41) is 4.20. The van der Waals surface area contributed by atoms with Crippen LogP contribution in [0.25, 0.3) is 0 Å². The Bertz CT molecular complexity index is 651. The summed E-state index contributed by atoms with van der Waals surface area (Å²) in [6.07, 6.45) is 0.788. The van der Waals surface area contributed by atoms with Crippen molar-refractivity contribution in [3.8, 4) is 0 Å². The van der Waals surface area contributed by atoms with Gasteiger partial charge in [0, 0.05) is 19.1 Å². The highest BCUT2D eigenvalue weighted by Gasteiger charge is 2.51. The van der Waals surface area contributed by atoms with E-state index in [0.29, 0.717) is 11.7 Å². The molecule has 1 saturated carbocycles. The summed E-state index contributed by atoms with van der Waals surface area (Å²) in [5.41, 5.74) is 0.287. The summed E-state index contributed by atoms with van der Waals surface area (Å²) >= 11 is 6.07. The molecule has 1 aliphatic carbocycles. The highest BCUT2D eigenvalue weighted by atomic mass is 35.5. The number of nitrogens with one attached hydrogen (secondary N) is 1. The van der Waals surface area contributed by atoms with Gasteiger partial charge in [-0.3, -0.25) is 4.68 Å². The molecule has 0 amide bonds. The first-order valence-electron chi connectivity index (χ1n) is 6.86. The Kier molecular flexibility index (Phi) is 4.16. The van der Waals surface area contributed by atoms with Crippen molar-refractivity contribution in [3.63, 3.8) is 0 Å². The first-order chi connectivity index (χ1) is 9.48. The van der Waals surface area contributed by atoms with E-state index in [9.17, 15) is 8.42 Å². The van der Waals surface area contributed by atoms with Gasteiger partial charge in [0.2, 0.25) is 10.0 Å². The zero-order valence-electron chi connectivity index (χ0n) is 13.3. The standard InChI is InChI=1S/C13H23ClN4O2S/c1-8-11(12(14)18(6)15-8)21(19,20)16-9-7-10(17(4)5)13(9,2)3/h9-10,16H,7H2,1-6H3. The lowest BCUT2D eigenvalue weighted by molar-refractivity contribution is -0.00233. The molecule has 2 rings (SSSR count). The maximum atomic E-state index is 12.6. The van der Waals surface area contributed by atoms with Crippen molar-refractivity contribution < 1.29 is 8.42 Å². The van der Waals surface area contributed by atoms with E-state index >= 15 is 0 Å². The minimum Gasteiger partial charge on any atom is -0.306 e. The Balaban J connectivity index is 2.24. The zero-order valence-corrected chi connectivity index (χ0v) is 14.9. The SMILES string of the molecule is Cc1nn(C)c(Cl)c1S(=O)(=O)NC1CC(N(C)C)C1(C)C. The first-order valence-corrected chi connectivity index (χ1v) is 8.72. The van der Waals surface area contributed by atoms with Crippen LogP contribution in [0.5, 0.6) is 0 Å². The topological polar surface area (TPSA) is 67.2 Å². The van der Waals surface area contributed by atoms with Gasteiger partial charge in [-0.2, -0.15) is 5.10 Å². The van der Waals surface area contributed by atoms with Crippen molar-refractivity contribution in [2.45, 2.75) is 44.2 Å². The molecule has 0 bridgehead atoms. The lowest BCUT2D eigenvalue weighted by atomic mass is 9.63. The van der Waals surface area contributed by atoms with E-state index in [0.717, 1.165) is 6.42 Å². The van der Waals surface area contributed by atoms with Crippen LogP contribution in [0, 0.1) is 12.3 Å². The van der Waals surface area contributed by atoms with Crippen LogP contribution < -0.4 is 4.72 Å². The molecule has 1 fully saturated rings. The van der Waals surface area contributed by atoms with Crippen molar-refractivity contribution in [3.05, 3.63) is 10.8 Å². The van der Waals surface area contributed by atoms with Crippen LogP contribution in [0.1, 0.15) is 26.0 Å². The highest BCUT2D eigenvalue weighted by molar-refractivity contribution is 7.89. The van der Waals surface area contributed by atoms with Crippen molar-refractivity contribution in [1.82, 2.24) is 19.4 Å². The van der Waals surface area contributed by atoms with Gasteiger partial charge < -0.3 is 4.90 Å². The Morgan fingerprint density at radius 3 is 2.38 bits per heavy atom. The predicted molar refractivity (Wildman–Crippen MR) is 82.9 cm³/mol. The molecule has 6 nitrogen and oxygen atoms in total. The second kappa shape index (κ2) is 5.22. The fraction of sp³-hybridized carbons (Fsp3) is 0.769. The van der Waals surface area contributed by atoms with Crippen LogP contribution >= 0.6 is 11.6 Å². The molecule has 1 aromatic heterocycles. The molecule has 1 aromatic rings. The minimum absolute atomic E-state index is 0.0794. The van der Waals surface area contributed by atoms with Crippen LogP contribution in [0.4, 0.5) is 0 Å². The van der Waals surface area contributed by atoms with Crippen LogP contribution in [-0.4, -0.2) is 49.3 Å². The van der Waals surface area contributed by atoms with E-state index in [2.05, 4.69) is 28.6 Å². The van der Waals surface area contributed by atoms with Crippen molar-refractivity contribution in [1.29, 1.82) is 0 Å². The molecular formula is C13H23ClN4O2S. The van der Waals surface area contributed by atoms with Gasteiger partial charge in [-0.15, -0.1) is 0 Å². The molecule has 0 aliphatic heterocycles. The Hall–Kier alpha value is -0.630. The quantitative estimate of drug-likeness (QED) is 0.903. The molecule has 1 N–H and O–H groups in total. The third-order valence-electron chi connectivity index (χ3n) is 4.51. The van der Waals surface area contributed by atoms with E-state index in [1.807, 2.05) is 14.1 Å². The molecule has 120 valence electrons. The third kappa shape index (κ3) is 2.72. The summed E-state index contributed by atoms with van der Waals surface area (Å²) < 4.78 is 29.3. The van der Waals surface area contributed by atoms with Gasteiger partial charge >= 0.3 is 0 Å². The third-order valence-corrected chi connectivity index (χ3v) is 6.67. The monoisotopic (exact) mass is 334 g/mol. The van der Waals surface area contributed by atoms with Gasteiger partial charge in [-0.05, 0) is 32.9 Å². The number of hydrogen-bond acceptors (Lipinski definition) is 4. The predicted octanol–water partition coefficient (Wildman–Crippen LogP) is 1.39. The second-order valence-corrected chi connectivity index (χ2v) is 8.55. The first kappa shape index (κ1) is 16.7. The van der Waals surface area contributed by atoms with E-state index in [-0.39, 0.29) is 21.5 Å². The highest BCUT2D eigenvalue weighted by Crippen LogP contribution is 2.43. The van der Waals surface area contributed by atoms with Gasteiger partial charge in [-0.1, -0.05) is 25.4 Å². The maximum Gasteiger partial charge on any atom is 0.245 e. The van der Waals surface area contributed by atoms with Crippen LogP contribution in [0.15, 0.2) is 4.90 Å². The number of rotatable bonds is 4. The minimum atomic E-state index is -3.66. The summed E-state index contributed by atoms with van der Waals surface area (Å²) in [7, 11) is 1.99. The molecule has 0 spiro atoms. The normalized spacial score (nSPS) is 25.1. The molecule has 1 aliphatic rings. The number of aromatic nitrogens is 2. The van der Waals surface area contributed by atoms with Gasteiger partial charge in [-0.25, -0.2) is 13.1 Å². The molecular weight excluding hydrogens is 312 g/mol.